The highest BCUT2D eigenvalue weighted by Crippen LogP contribution is 2.12. The van der Waals surface area contributed by atoms with E-state index in [1.165, 1.54) is 0 Å². The second-order valence-electron chi connectivity index (χ2n) is 3.15. The Bertz CT molecular complexity index is 391. The van der Waals surface area contributed by atoms with Crippen LogP contribution in [0.4, 0.5) is 0 Å². The molecule has 1 aromatic carbocycles. The van der Waals surface area contributed by atoms with Crippen molar-refractivity contribution >= 4 is 5.97 Å². The van der Waals surface area contributed by atoms with E-state index in [4.69, 9.17) is 10.4 Å². The zero-order valence-electron chi connectivity index (χ0n) is 7.95. The molecule has 0 fully saturated rings. The normalized spacial score (nSPS) is 9.43. The number of benzene rings is 1. The van der Waals surface area contributed by atoms with Crippen molar-refractivity contribution in [1.29, 1.82) is 5.26 Å². The molecule has 3 nitrogen and oxygen atoms in total. The number of carbonyl (C=O) groups is 1. The molecule has 0 spiro atoms. The van der Waals surface area contributed by atoms with E-state index in [0.717, 1.165) is 11.1 Å². The van der Waals surface area contributed by atoms with Gasteiger partial charge in [0.2, 0.25) is 0 Å². The smallest absolute Gasteiger partial charge is 0.303 e. The fraction of sp³-hybridized carbons (Fsp3) is 0.273. The predicted molar refractivity (Wildman–Crippen MR) is 51.9 cm³/mol. The lowest BCUT2D eigenvalue weighted by Crippen LogP contribution is -1.99. The van der Waals surface area contributed by atoms with Crippen molar-refractivity contribution in [3.8, 4) is 6.07 Å². The Balaban J connectivity index is 2.85. The molecule has 1 N–H and O–H groups in total. The van der Waals surface area contributed by atoms with E-state index in [1.807, 2.05) is 19.1 Å². The number of rotatable bonds is 3. The van der Waals surface area contributed by atoms with Gasteiger partial charge in [0.05, 0.1) is 11.6 Å². The average Bonchev–Trinajstić information content (AvgIpc) is 2.16. The van der Waals surface area contributed by atoms with E-state index >= 15 is 0 Å². The van der Waals surface area contributed by atoms with Gasteiger partial charge in [0.1, 0.15) is 0 Å². The van der Waals surface area contributed by atoms with Crippen molar-refractivity contribution < 1.29 is 9.90 Å². The van der Waals surface area contributed by atoms with Crippen LogP contribution in [0.2, 0.25) is 0 Å². The monoisotopic (exact) mass is 189 g/mol. The van der Waals surface area contributed by atoms with Gasteiger partial charge in [-0.1, -0.05) is 6.07 Å². The van der Waals surface area contributed by atoms with Crippen molar-refractivity contribution in [2.75, 3.05) is 0 Å². The minimum absolute atomic E-state index is 0.107. The van der Waals surface area contributed by atoms with Gasteiger partial charge in [0, 0.05) is 6.42 Å². The Labute approximate surface area is 82.6 Å². The van der Waals surface area contributed by atoms with Crippen LogP contribution < -0.4 is 0 Å². The van der Waals surface area contributed by atoms with Crippen LogP contribution in [-0.4, -0.2) is 11.1 Å². The quantitative estimate of drug-likeness (QED) is 0.789. The SMILES string of the molecule is Cc1ccc(C#N)cc1CCC(=O)O. The van der Waals surface area contributed by atoms with E-state index in [-0.39, 0.29) is 6.42 Å². The highest BCUT2D eigenvalue weighted by atomic mass is 16.4. The van der Waals surface area contributed by atoms with Crippen LogP contribution in [-0.2, 0) is 11.2 Å². The summed E-state index contributed by atoms with van der Waals surface area (Å²) in [4.78, 5) is 10.4. The summed E-state index contributed by atoms with van der Waals surface area (Å²) in [7, 11) is 0. The Morgan fingerprint density at radius 2 is 2.29 bits per heavy atom. The molecule has 0 aliphatic rings. The summed E-state index contributed by atoms with van der Waals surface area (Å²) in [5, 5.41) is 17.2. The fourth-order valence-electron chi connectivity index (χ4n) is 1.25. The molecule has 14 heavy (non-hydrogen) atoms. The van der Waals surface area contributed by atoms with Gasteiger partial charge >= 0.3 is 5.97 Å². The van der Waals surface area contributed by atoms with Gasteiger partial charge in [0.15, 0.2) is 0 Å². The molecular formula is C11H11NO2. The number of carboxylic acid groups (broad SMARTS) is 1. The zero-order valence-corrected chi connectivity index (χ0v) is 7.95. The molecule has 0 saturated heterocycles. The van der Waals surface area contributed by atoms with E-state index in [9.17, 15) is 4.79 Å². The largest absolute Gasteiger partial charge is 0.481 e. The van der Waals surface area contributed by atoms with Crippen LogP contribution >= 0.6 is 0 Å². The van der Waals surface area contributed by atoms with E-state index in [0.29, 0.717) is 12.0 Å². The highest BCUT2D eigenvalue weighted by molar-refractivity contribution is 5.67. The molecule has 0 amide bonds. The lowest BCUT2D eigenvalue weighted by molar-refractivity contribution is -0.136. The first-order valence-electron chi connectivity index (χ1n) is 4.35. The summed E-state index contributed by atoms with van der Waals surface area (Å²) in [6.07, 6.45) is 0.590. The van der Waals surface area contributed by atoms with Crippen LogP contribution in [0.5, 0.6) is 0 Å². The molecule has 0 radical (unpaired) electrons. The minimum Gasteiger partial charge on any atom is -0.481 e. The average molecular weight is 189 g/mol. The first-order chi connectivity index (χ1) is 6.63. The summed E-state index contributed by atoms with van der Waals surface area (Å²) < 4.78 is 0. The molecule has 3 heteroatoms. The van der Waals surface area contributed by atoms with Gasteiger partial charge < -0.3 is 5.11 Å². The fourth-order valence-corrected chi connectivity index (χ4v) is 1.25. The van der Waals surface area contributed by atoms with Crippen molar-refractivity contribution in [3.63, 3.8) is 0 Å². The second-order valence-corrected chi connectivity index (χ2v) is 3.15. The van der Waals surface area contributed by atoms with E-state index < -0.39 is 5.97 Å². The van der Waals surface area contributed by atoms with Crippen molar-refractivity contribution in [3.05, 3.63) is 34.9 Å². The Morgan fingerprint density at radius 1 is 1.57 bits per heavy atom. The molecular weight excluding hydrogens is 178 g/mol. The van der Waals surface area contributed by atoms with Crippen LogP contribution in [0.15, 0.2) is 18.2 Å². The maximum absolute atomic E-state index is 10.4. The molecule has 0 atom stereocenters. The van der Waals surface area contributed by atoms with Crippen molar-refractivity contribution in [2.45, 2.75) is 19.8 Å². The lowest BCUT2D eigenvalue weighted by Gasteiger charge is -2.03. The molecule has 0 aliphatic carbocycles. The van der Waals surface area contributed by atoms with Gasteiger partial charge in [-0.25, -0.2) is 0 Å². The van der Waals surface area contributed by atoms with Crippen LogP contribution in [0.3, 0.4) is 0 Å². The standard InChI is InChI=1S/C11H11NO2/c1-8-2-3-9(7-12)6-10(8)4-5-11(13)14/h2-3,6H,4-5H2,1H3,(H,13,14). The van der Waals surface area contributed by atoms with Gasteiger partial charge in [-0.05, 0) is 36.6 Å². The summed E-state index contributed by atoms with van der Waals surface area (Å²) in [6, 6.07) is 7.36. The van der Waals surface area contributed by atoms with E-state index in [2.05, 4.69) is 0 Å². The third kappa shape index (κ3) is 2.60. The molecule has 1 rings (SSSR count). The maximum atomic E-state index is 10.4. The molecule has 72 valence electrons. The number of aryl methyl sites for hydroxylation is 2. The lowest BCUT2D eigenvalue weighted by atomic mass is 10.0. The molecule has 1 aromatic rings. The molecule has 0 heterocycles. The first kappa shape index (κ1) is 10.3. The van der Waals surface area contributed by atoms with Gasteiger partial charge in [-0.2, -0.15) is 5.26 Å². The van der Waals surface area contributed by atoms with Crippen LogP contribution in [0.1, 0.15) is 23.1 Å². The second kappa shape index (κ2) is 4.43. The summed E-state index contributed by atoms with van der Waals surface area (Å²) in [6.45, 7) is 1.92. The summed E-state index contributed by atoms with van der Waals surface area (Å²) in [5.41, 5.74) is 2.55. The van der Waals surface area contributed by atoms with Crippen molar-refractivity contribution in [1.82, 2.24) is 0 Å². The first-order valence-corrected chi connectivity index (χ1v) is 4.35. The molecule has 0 aromatic heterocycles. The van der Waals surface area contributed by atoms with Crippen LogP contribution in [0.25, 0.3) is 0 Å². The van der Waals surface area contributed by atoms with Gasteiger partial charge in [-0.3, -0.25) is 4.79 Å². The Hall–Kier alpha value is -1.82. The Kier molecular flexibility index (Phi) is 3.24. The maximum Gasteiger partial charge on any atom is 0.303 e. The highest BCUT2D eigenvalue weighted by Gasteiger charge is 2.03. The molecule has 0 bridgehead atoms. The van der Waals surface area contributed by atoms with Crippen molar-refractivity contribution in [2.24, 2.45) is 0 Å². The number of aliphatic carboxylic acids is 1. The predicted octanol–water partition coefficient (Wildman–Crippen LogP) is 1.88. The number of hydrogen-bond acceptors (Lipinski definition) is 2. The third-order valence-electron chi connectivity index (χ3n) is 2.09. The van der Waals surface area contributed by atoms with Gasteiger partial charge in [0.25, 0.3) is 0 Å². The zero-order chi connectivity index (χ0) is 10.6. The number of carboxylic acids is 1. The molecule has 0 saturated carbocycles. The number of hydrogen-bond donors (Lipinski definition) is 1. The Morgan fingerprint density at radius 3 is 2.86 bits per heavy atom. The molecule has 0 unspecified atom stereocenters. The topological polar surface area (TPSA) is 61.1 Å². The molecule has 0 aliphatic heterocycles. The summed E-state index contributed by atoms with van der Waals surface area (Å²) in [5.74, 6) is -0.813. The third-order valence-corrected chi connectivity index (χ3v) is 2.09. The minimum atomic E-state index is -0.813. The summed E-state index contributed by atoms with van der Waals surface area (Å²) >= 11 is 0. The van der Waals surface area contributed by atoms with Crippen LogP contribution in [0, 0.1) is 18.3 Å². The van der Waals surface area contributed by atoms with Gasteiger partial charge in [-0.15, -0.1) is 0 Å². The number of nitriles is 1. The number of nitrogens with zero attached hydrogens (tertiary/aromatic N) is 1. The van der Waals surface area contributed by atoms with E-state index in [1.54, 1.807) is 12.1 Å².